The second-order valence-corrected chi connectivity index (χ2v) is 4.80. The molecule has 100 valence electrons. The number of nitrogens with zero attached hydrogens (tertiary/aromatic N) is 3. The maximum atomic E-state index is 11.8. The number of amides is 1. The van der Waals surface area contributed by atoms with Crippen LogP contribution in [0.1, 0.15) is 31.2 Å². The van der Waals surface area contributed by atoms with Crippen LogP contribution in [0.5, 0.6) is 0 Å². The van der Waals surface area contributed by atoms with E-state index in [1.807, 2.05) is 16.6 Å². The van der Waals surface area contributed by atoms with Crippen molar-refractivity contribution in [3.63, 3.8) is 0 Å². The van der Waals surface area contributed by atoms with E-state index in [0.717, 1.165) is 43.7 Å². The molecule has 18 heavy (non-hydrogen) atoms. The van der Waals surface area contributed by atoms with Crippen molar-refractivity contribution in [3.8, 4) is 0 Å². The van der Waals surface area contributed by atoms with Crippen LogP contribution >= 0.6 is 0 Å². The summed E-state index contributed by atoms with van der Waals surface area (Å²) in [5, 5.41) is 7.59. The summed E-state index contributed by atoms with van der Waals surface area (Å²) >= 11 is 0. The van der Waals surface area contributed by atoms with E-state index in [4.69, 9.17) is 0 Å². The predicted molar refractivity (Wildman–Crippen MR) is 70.1 cm³/mol. The average molecular weight is 250 g/mol. The van der Waals surface area contributed by atoms with Gasteiger partial charge in [0.15, 0.2) is 0 Å². The smallest absolute Gasteiger partial charge is 0.236 e. The van der Waals surface area contributed by atoms with Gasteiger partial charge in [-0.05, 0) is 25.3 Å². The molecule has 5 heteroatoms. The van der Waals surface area contributed by atoms with Gasteiger partial charge in [0.25, 0.3) is 0 Å². The molecule has 0 spiro atoms. The van der Waals surface area contributed by atoms with Gasteiger partial charge in [0.05, 0.1) is 17.9 Å². The van der Waals surface area contributed by atoms with Crippen LogP contribution in [0.15, 0.2) is 6.07 Å². The summed E-state index contributed by atoms with van der Waals surface area (Å²) in [7, 11) is 1.94. The number of rotatable bonds is 5. The summed E-state index contributed by atoms with van der Waals surface area (Å²) in [6, 6.07) is 2.09. The number of carbonyl (C=O) groups excluding carboxylic acids is 1. The summed E-state index contributed by atoms with van der Waals surface area (Å²) in [5.74, 6) is 0.213. The van der Waals surface area contributed by atoms with Crippen molar-refractivity contribution in [2.75, 3.05) is 19.6 Å². The molecule has 1 aliphatic heterocycles. The molecule has 0 aliphatic carbocycles. The highest BCUT2D eigenvalue weighted by Crippen LogP contribution is 2.07. The van der Waals surface area contributed by atoms with E-state index < -0.39 is 0 Å². The quantitative estimate of drug-likeness (QED) is 0.836. The standard InChI is InChI=1S/C13H22N4O/c1-3-11-8-12(16(2)15-11)9-14-10-13(18)17-6-4-5-7-17/h8,14H,3-7,9-10H2,1-2H3. The molecule has 0 radical (unpaired) electrons. The molecule has 1 saturated heterocycles. The molecule has 2 rings (SSSR count). The highest BCUT2D eigenvalue weighted by Gasteiger charge is 2.17. The van der Waals surface area contributed by atoms with E-state index in [1.165, 1.54) is 0 Å². The third kappa shape index (κ3) is 3.10. The van der Waals surface area contributed by atoms with Crippen molar-refractivity contribution in [1.82, 2.24) is 20.0 Å². The van der Waals surface area contributed by atoms with E-state index in [9.17, 15) is 4.79 Å². The zero-order chi connectivity index (χ0) is 13.0. The van der Waals surface area contributed by atoms with Gasteiger partial charge in [-0.2, -0.15) is 5.10 Å². The SMILES string of the molecule is CCc1cc(CNCC(=O)N2CCCC2)n(C)n1. The maximum Gasteiger partial charge on any atom is 0.236 e. The van der Waals surface area contributed by atoms with Crippen LogP contribution in [0.25, 0.3) is 0 Å². The molecule has 1 aromatic heterocycles. The number of carbonyl (C=O) groups is 1. The second kappa shape index (κ2) is 6.00. The fourth-order valence-electron chi connectivity index (χ4n) is 2.29. The first-order chi connectivity index (χ1) is 8.70. The Morgan fingerprint density at radius 2 is 2.17 bits per heavy atom. The molecule has 5 nitrogen and oxygen atoms in total. The lowest BCUT2D eigenvalue weighted by molar-refractivity contribution is -0.129. The monoisotopic (exact) mass is 250 g/mol. The van der Waals surface area contributed by atoms with E-state index >= 15 is 0 Å². The molecule has 1 aliphatic rings. The van der Waals surface area contributed by atoms with Crippen LogP contribution in [0.3, 0.4) is 0 Å². The first-order valence-electron chi connectivity index (χ1n) is 6.71. The molecule has 0 aromatic carbocycles. The molecule has 0 bridgehead atoms. The van der Waals surface area contributed by atoms with Crippen molar-refractivity contribution in [3.05, 3.63) is 17.5 Å². The Morgan fingerprint density at radius 1 is 1.44 bits per heavy atom. The molecule has 0 atom stereocenters. The molecule has 1 N–H and O–H groups in total. The largest absolute Gasteiger partial charge is 0.342 e. The van der Waals surface area contributed by atoms with E-state index in [2.05, 4.69) is 23.4 Å². The summed E-state index contributed by atoms with van der Waals surface area (Å²) in [6.07, 6.45) is 3.24. The van der Waals surface area contributed by atoms with E-state index in [1.54, 1.807) is 0 Å². The number of aromatic nitrogens is 2. The number of aryl methyl sites for hydroxylation is 2. The molecule has 0 saturated carbocycles. The van der Waals surface area contributed by atoms with Gasteiger partial charge in [-0.3, -0.25) is 9.48 Å². The highest BCUT2D eigenvalue weighted by molar-refractivity contribution is 5.78. The first kappa shape index (κ1) is 13.1. The van der Waals surface area contributed by atoms with Crippen LogP contribution in [-0.2, 0) is 24.8 Å². The van der Waals surface area contributed by atoms with Crippen molar-refractivity contribution in [1.29, 1.82) is 0 Å². The number of hydrogen-bond acceptors (Lipinski definition) is 3. The van der Waals surface area contributed by atoms with Gasteiger partial charge >= 0.3 is 0 Å². The van der Waals surface area contributed by atoms with Crippen molar-refractivity contribution in [2.45, 2.75) is 32.7 Å². The fraction of sp³-hybridized carbons (Fsp3) is 0.692. The minimum absolute atomic E-state index is 0.213. The Kier molecular flexibility index (Phi) is 4.36. The minimum atomic E-state index is 0.213. The Labute approximate surface area is 108 Å². The maximum absolute atomic E-state index is 11.8. The summed E-state index contributed by atoms with van der Waals surface area (Å²) < 4.78 is 1.88. The highest BCUT2D eigenvalue weighted by atomic mass is 16.2. The molecular formula is C13H22N4O. The Morgan fingerprint density at radius 3 is 2.78 bits per heavy atom. The summed E-state index contributed by atoms with van der Waals surface area (Å²) in [4.78, 5) is 13.8. The lowest BCUT2D eigenvalue weighted by Crippen LogP contribution is -2.36. The topological polar surface area (TPSA) is 50.2 Å². The van der Waals surface area contributed by atoms with E-state index in [0.29, 0.717) is 13.1 Å². The van der Waals surface area contributed by atoms with Crippen molar-refractivity contribution < 1.29 is 4.79 Å². The summed E-state index contributed by atoms with van der Waals surface area (Å²) in [5.41, 5.74) is 2.22. The third-order valence-electron chi connectivity index (χ3n) is 3.43. The third-order valence-corrected chi connectivity index (χ3v) is 3.43. The number of nitrogens with one attached hydrogen (secondary N) is 1. The van der Waals surface area contributed by atoms with Crippen LogP contribution < -0.4 is 5.32 Å². The van der Waals surface area contributed by atoms with Crippen molar-refractivity contribution in [2.24, 2.45) is 7.05 Å². The summed E-state index contributed by atoms with van der Waals surface area (Å²) in [6.45, 7) is 5.06. The molecule has 1 fully saturated rings. The van der Waals surface area contributed by atoms with Crippen LogP contribution in [0, 0.1) is 0 Å². The Bertz CT molecular complexity index is 407. The minimum Gasteiger partial charge on any atom is -0.342 e. The van der Waals surface area contributed by atoms with Gasteiger partial charge in [-0.1, -0.05) is 6.92 Å². The van der Waals surface area contributed by atoms with Crippen LogP contribution in [0.4, 0.5) is 0 Å². The van der Waals surface area contributed by atoms with E-state index in [-0.39, 0.29) is 5.91 Å². The normalized spacial score (nSPS) is 15.3. The average Bonchev–Trinajstić information content (AvgIpc) is 2.99. The molecular weight excluding hydrogens is 228 g/mol. The van der Waals surface area contributed by atoms with Crippen LogP contribution in [0.2, 0.25) is 0 Å². The van der Waals surface area contributed by atoms with Crippen molar-refractivity contribution >= 4 is 5.91 Å². The molecule has 2 heterocycles. The lowest BCUT2D eigenvalue weighted by Gasteiger charge is -2.15. The first-order valence-corrected chi connectivity index (χ1v) is 6.71. The number of likely N-dealkylation sites (tertiary alicyclic amines) is 1. The zero-order valence-corrected chi connectivity index (χ0v) is 11.3. The van der Waals surface area contributed by atoms with Gasteiger partial charge in [-0.15, -0.1) is 0 Å². The predicted octanol–water partition coefficient (Wildman–Crippen LogP) is 0.694. The Balaban J connectivity index is 1.77. The van der Waals surface area contributed by atoms with Gasteiger partial charge in [0, 0.05) is 26.7 Å². The molecule has 1 aromatic rings. The lowest BCUT2D eigenvalue weighted by atomic mass is 10.3. The van der Waals surface area contributed by atoms with Crippen LogP contribution in [-0.4, -0.2) is 40.2 Å². The molecule has 1 amide bonds. The van der Waals surface area contributed by atoms with Gasteiger partial charge in [0.2, 0.25) is 5.91 Å². The Hall–Kier alpha value is -1.36. The van der Waals surface area contributed by atoms with Gasteiger partial charge in [0.1, 0.15) is 0 Å². The molecule has 0 unspecified atom stereocenters. The van der Waals surface area contributed by atoms with Gasteiger partial charge < -0.3 is 10.2 Å². The second-order valence-electron chi connectivity index (χ2n) is 4.80. The fourth-order valence-corrected chi connectivity index (χ4v) is 2.29. The zero-order valence-electron chi connectivity index (χ0n) is 11.3. The van der Waals surface area contributed by atoms with Gasteiger partial charge in [-0.25, -0.2) is 0 Å². The number of hydrogen-bond donors (Lipinski definition) is 1.